The van der Waals surface area contributed by atoms with Crippen molar-refractivity contribution in [2.75, 3.05) is 6.61 Å². The Morgan fingerprint density at radius 2 is 2.12 bits per heavy atom. The van der Waals surface area contributed by atoms with Crippen molar-refractivity contribution in [2.45, 2.75) is 32.8 Å². The third-order valence-electron chi connectivity index (χ3n) is 1.75. The van der Waals surface area contributed by atoms with Crippen LogP contribution >= 0.6 is 0 Å². The van der Waals surface area contributed by atoms with Crippen LogP contribution in [0.4, 0.5) is 0 Å². The maximum atomic E-state index is 5.35. The van der Waals surface area contributed by atoms with E-state index in [2.05, 4.69) is 13.8 Å². The summed E-state index contributed by atoms with van der Waals surface area (Å²) in [6, 6.07) is 0. The van der Waals surface area contributed by atoms with Gasteiger partial charge in [-0.2, -0.15) is 0 Å². The molecule has 1 heteroatoms. The summed E-state index contributed by atoms with van der Waals surface area (Å²) < 4.78 is 5.35. The molecular weight excluding hydrogens is 100 g/mol. The molecule has 1 fully saturated rings. The molecule has 1 rings (SSSR count). The average Bonchev–Trinajstić information content (AvgIpc) is 1.64. The van der Waals surface area contributed by atoms with Crippen LogP contribution in [0.2, 0.25) is 0 Å². The molecule has 0 bridgehead atoms. The van der Waals surface area contributed by atoms with E-state index < -0.39 is 0 Å². The van der Waals surface area contributed by atoms with Gasteiger partial charge in [0.2, 0.25) is 0 Å². The van der Waals surface area contributed by atoms with Crippen molar-refractivity contribution >= 4 is 0 Å². The summed E-state index contributed by atoms with van der Waals surface area (Å²) in [5, 5.41) is 0. The van der Waals surface area contributed by atoms with Gasteiger partial charge in [-0.1, -0.05) is 6.92 Å². The highest BCUT2D eigenvalue weighted by molar-refractivity contribution is 4.63. The van der Waals surface area contributed by atoms with Gasteiger partial charge in [0.05, 0.1) is 6.10 Å². The second-order valence-corrected chi connectivity index (χ2v) is 2.81. The van der Waals surface area contributed by atoms with Crippen molar-refractivity contribution < 1.29 is 4.74 Å². The van der Waals surface area contributed by atoms with E-state index in [1.165, 1.54) is 12.8 Å². The largest absolute Gasteiger partial charge is 0.378 e. The molecule has 1 nitrogen and oxygen atoms in total. The zero-order chi connectivity index (χ0) is 5.98. The molecule has 0 amide bonds. The van der Waals surface area contributed by atoms with Crippen molar-refractivity contribution in [1.82, 2.24) is 0 Å². The summed E-state index contributed by atoms with van der Waals surface area (Å²) in [5.74, 6) is 0.888. The first-order chi connectivity index (χ1) is 3.79. The molecule has 0 aromatic heterocycles. The van der Waals surface area contributed by atoms with Crippen LogP contribution in [-0.4, -0.2) is 12.7 Å². The second kappa shape index (κ2) is 2.49. The molecule has 1 aliphatic rings. The highest BCUT2D eigenvalue weighted by Crippen LogP contribution is 2.18. The first-order valence-electron chi connectivity index (χ1n) is 3.40. The Bertz CT molecular complexity index is 62.8. The maximum absolute atomic E-state index is 5.35. The van der Waals surface area contributed by atoms with E-state index in [0.717, 1.165) is 12.5 Å². The van der Waals surface area contributed by atoms with Gasteiger partial charge in [0.1, 0.15) is 0 Å². The lowest BCUT2D eigenvalue weighted by atomic mass is 9.99. The third kappa shape index (κ3) is 1.48. The van der Waals surface area contributed by atoms with Crippen molar-refractivity contribution in [2.24, 2.45) is 5.92 Å². The van der Waals surface area contributed by atoms with Crippen LogP contribution < -0.4 is 0 Å². The van der Waals surface area contributed by atoms with Gasteiger partial charge in [0.15, 0.2) is 0 Å². The van der Waals surface area contributed by atoms with E-state index in [1.807, 2.05) is 0 Å². The van der Waals surface area contributed by atoms with Gasteiger partial charge in [0.25, 0.3) is 0 Å². The summed E-state index contributed by atoms with van der Waals surface area (Å²) in [7, 11) is 0. The molecule has 1 heterocycles. The molecule has 0 spiro atoms. The third-order valence-corrected chi connectivity index (χ3v) is 1.75. The molecule has 0 N–H and O–H groups in total. The minimum Gasteiger partial charge on any atom is -0.378 e. The van der Waals surface area contributed by atoms with E-state index in [0.29, 0.717) is 6.10 Å². The van der Waals surface area contributed by atoms with Gasteiger partial charge in [-0.15, -0.1) is 0 Å². The van der Waals surface area contributed by atoms with E-state index in [9.17, 15) is 0 Å². The summed E-state index contributed by atoms with van der Waals surface area (Å²) in [6.07, 6.45) is 3.02. The van der Waals surface area contributed by atoms with Crippen molar-refractivity contribution in [3.63, 3.8) is 0 Å². The highest BCUT2D eigenvalue weighted by atomic mass is 16.5. The number of rotatable bonds is 0. The molecule has 0 radical (unpaired) electrons. The molecule has 0 aromatic rings. The lowest BCUT2D eigenvalue weighted by Gasteiger charge is -2.23. The molecule has 48 valence electrons. The fraction of sp³-hybridized carbons (Fsp3) is 1.00. The predicted molar refractivity (Wildman–Crippen MR) is 33.8 cm³/mol. The van der Waals surface area contributed by atoms with E-state index >= 15 is 0 Å². The van der Waals surface area contributed by atoms with Crippen LogP contribution in [0.25, 0.3) is 0 Å². The molecule has 0 aromatic carbocycles. The van der Waals surface area contributed by atoms with Gasteiger partial charge in [-0.05, 0) is 25.7 Å². The Morgan fingerprint density at radius 3 is 2.50 bits per heavy atom. The Hall–Kier alpha value is -0.0400. The summed E-state index contributed by atoms with van der Waals surface area (Å²) in [5.41, 5.74) is 0. The van der Waals surface area contributed by atoms with Crippen molar-refractivity contribution in [3.05, 3.63) is 0 Å². The molecule has 2 atom stereocenters. The van der Waals surface area contributed by atoms with Crippen LogP contribution in [0.3, 0.4) is 0 Å². The van der Waals surface area contributed by atoms with E-state index in [4.69, 9.17) is 4.74 Å². The fourth-order valence-electron chi connectivity index (χ4n) is 1.22. The SMILES string of the molecule is C[C@H]1CCO[C@@H](C)C1. The summed E-state index contributed by atoms with van der Waals surface area (Å²) in [6.45, 7) is 5.41. The second-order valence-electron chi connectivity index (χ2n) is 2.81. The van der Waals surface area contributed by atoms with Crippen LogP contribution in [-0.2, 0) is 4.74 Å². The molecule has 8 heavy (non-hydrogen) atoms. The number of hydrogen-bond donors (Lipinski definition) is 0. The van der Waals surface area contributed by atoms with Gasteiger partial charge >= 0.3 is 0 Å². The van der Waals surface area contributed by atoms with Crippen LogP contribution in [0.5, 0.6) is 0 Å². The van der Waals surface area contributed by atoms with Gasteiger partial charge in [-0.25, -0.2) is 0 Å². The van der Waals surface area contributed by atoms with Crippen LogP contribution in [0.15, 0.2) is 0 Å². The van der Waals surface area contributed by atoms with Gasteiger partial charge in [-0.3, -0.25) is 0 Å². The zero-order valence-electron chi connectivity index (χ0n) is 5.68. The van der Waals surface area contributed by atoms with Crippen LogP contribution in [0, 0.1) is 5.92 Å². The molecule has 0 aliphatic carbocycles. The Balaban J connectivity index is 2.23. The summed E-state index contributed by atoms with van der Waals surface area (Å²) >= 11 is 0. The topological polar surface area (TPSA) is 9.23 Å². The predicted octanol–water partition coefficient (Wildman–Crippen LogP) is 1.82. The highest BCUT2D eigenvalue weighted by Gasteiger charge is 2.13. The quantitative estimate of drug-likeness (QED) is 0.466. The van der Waals surface area contributed by atoms with E-state index in [1.54, 1.807) is 0 Å². The molecule has 1 saturated heterocycles. The van der Waals surface area contributed by atoms with Crippen molar-refractivity contribution in [3.8, 4) is 0 Å². The zero-order valence-corrected chi connectivity index (χ0v) is 5.68. The molecular formula is C7H14O. The number of hydrogen-bond acceptors (Lipinski definition) is 1. The molecule has 1 aliphatic heterocycles. The normalized spacial score (nSPS) is 39.8. The van der Waals surface area contributed by atoms with E-state index in [-0.39, 0.29) is 0 Å². The fourth-order valence-corrected chi connectivity index (χ4v) is 1.22. The van der Waals surface area contributed by atoms with Crippen molar-refractivity contribution in [1.29, 1.82) is 0 Å². The van der Waals surface area contributed by atoms with Crippen LogP contribution in [0.1, 0.15) is 26.7 Å². The lowest BCUT2D eigenvalue weighted by Crippen LogP contribution is -2.20. The van der Waals surface area contributed by atoms with Gasteiger partial charge < -0.3 is 4.74 Å². The number of ether oxygens (including phenoxy) is 1. The first kappa shape index (κ1) is 6.09. The Kier molecular flexibility index (Phi) is 1.90. The standard InChI is InChI=1S/C7H14O/c1-6-3-4-8-7(2)5-6/h6-7H,3-5H2,1-2H3/t6-,7-/m0/s1. The minimum atomic E-state index is 0.513. The van der Waals surface area contributed by atoms with Gasteiger partial charge in [0, 0.05) is 6.61 Å². The first-order valence-corrected chi connectivity index (χ1v) is 3.40. The molecule has 0 saturated carbocycles. The Labute approximate surface area is 51.0 Å². The summed E-state index contributed by atoms with van der Waals surface area (Å²) in [4.78, 5) is 0. The average molecular weight is 114 g/mol. The minimum absolute atomic E-state index is 0.513. The Morgan fingerprint density at radius 1 is 1.38 bits per heavy atom. The monoisotopic (exact) mass is 114 g/mol. The maximum Gasteiger partial charge on any atom is 0.0549 e. The lowest BCUT2D eigenvalue weighted by molar-refractivity contribution is 0.00682. The smallest absolute Gasteiger partial charge is 0.0549 e. The molecule has 0 unspecified atom stereocenters.